The summed E-state index contributed by atoms with van der Waals surface area (Å²) in [6, 6.07) is 0. The molecule has 9 heteroatoms. The molecule has 0 aliphatic rings. The van der Waals surface area contributed by atoms with Crippen LogP contribution in [0.15, 0.2) is 11.1 Å². The zero-order valence-electron chi connectivity index (χ0n) is 7.95. The van der Waals surface area contributed by atoms with Crippen LogP contribution in [0.1, 0.15) is 12.0 Å². The van der Waals surface area contributed by atoms with Crippen molar-refractivity contribution >= 4 is 10.0 Å². The van der Waals surface area contributed by atoms with Gasteiger partial charge in [-0.05, 0) is 0 Å². The highest BCUT2D eigenvalue weighted by Gasteiger charge is 2.28. The lowest BCUT2D eigenvalue weighted by molar-refractivity contribution is 0.145. The number of hydrogen-bond acceptors (Lipinski definition) is 4. The fraction of sp³-hybridized carbons (Fsp3) is 0.286. The van der Waals surface area contributed by atoms with Gasteiger partial charge in [0, 0.05) is 6.20 Å². The zero-order valence-corrected chi connectivity index (χ0v) is 8.76. The van der Waals surface area contributed by atoms with Crippen LogP contribution in [-0.2, 0) is 10.0 Å². The number of hydrogen-bond donors (Lipinski definition) is 1. The minimum atomic E-state index is -4.53. The fourth-order valence-corrected chi connectivity index (χ4v) is 1.83. The number of methoxy groups -OCH3 is 1. The molecule has 0 spiro atoms. The third-order valence-electron chi connectivity index (χ3n) is 1.70. The van der Waals surface area contributed by atoms with E-state index in [-0.39, 0.29) is 0 Å². The molecule has 0 unspecified atom stereocenters. The van der Waals surface area contributed by atoms with Gasteiger partial charge in [0.15, 0.2) is 10.6 Å². The molecule has 16 heavy (non-hydrogen) atoms. The molecule has 0 saturated heterocycles. The van der Waals surface area contributed by atoms with Crippen molar-refractivity contribution in [2.45, 2.75) is 11.3 Å². The van der Waals surface area contributed by atoms with E-state index in [1.54, 1.807) is 0 Å². The molecule has 0 fully saturated rings. The molecule has 5 nitrogen and oxygen atoms in total. The maximum atomic E-state index is 13.1. The second-order valence-corrected chi connectivity index (χ2v) is 4.21. The monoisotopic (exact) mass is 256 g/mol. The van der Waals surface area contributed by atoms with Crippen molar-refractivity contribution in [3.63, 3.8) is 0 Å². The Balaban J connectivity index is 3.64. The Labute approximate surface area is 89.1 Å². The Morgan fingerprint density at radius 3 is 2.44 bits per heavy atom. The van der Waals surface area contributed by atoms with Gasteiger partial charge >= 0.3 is 0 Å². The maximum Gasteiger partial charge on any atom is 0.268 e. The summed E-state index contributed by atoms with van der Waals surface area (Å²) in [6.07, 6.45) is -2.56. The third-order valence-corrected chi connectivity index (χ3v) is 2.62. The SMILES string of the molecule is COc1c(C(F)F)cnc(F)c1S(N)(=O)=O. The van der Waals surface area contributed by atoms with Crippen LogP contribution in [0.25, 0.3) is 0 Å². The fourth-order valence-electron chi connectivity index (χ4n) is 1.08. The highest BCUT2D eigenvalue weighted by Crippen LogP contribution is 2.34. The second kappa shape index (κ2) is 4.26. The molecule has 2 N–H and O–H groups in total. The number of sulfonamides is 1. The molecule has 0 aliphatic heterocycles. The average Bonchev–Trinajstić information content (AvgIpc) is 2.14. The predicted molar refractivity (Wildman–Crippen MR) is 47.1 cm³/mol. The molecule has 0 radical (unpaired) electrons. The topological polar surface area (TPSA) is 82.3 Å². The smallest absolute Gasteiger partial charge is 0.268 e. The average molecular weight is 256 g/mol. The van der Waals surface area contributed by atoms with Gasteiger partial charge in [-0.15, -0.1) is 0 Å². The molecular weight excluding hydrogens is 249 g/mol. The van der Waals surface area contributed by atoms with E-state index < -0.39 is 38.6 Å². The van der Waals surface area contributed by atoms with E-state index in [4.69, 9.17) is 0 Å². The largest absolute Gasteiger partial charge is 0.495 e. The molecule has 0 amide bonds. The summed E-state index contributed by atoms with van der Waals surface area (Å²) in [5.74, 6) is -2.31. The van der Waals surface area contributed by atoms with Crippen molar-refractivity contribution in [1.29, 1.82) is 0 Å². The van der Waals surface area contributed by atoms with Crippen molar-refractivity contribution in [2.24, 2.45) is 5.14 Å². The Morgan fingerprint density at radius 1 is 1.50 bits per heavy atom. The Kier molecular flexibility index (Phi) is 3.38. The van der Waals surface area contributed by atoms with Crippen LogP contribution in [-0.4, -0.2) is 20.5 Å². The van der Waals surface area contributed by atoms with Gasteiger partial charge in [-0.1, -0.05) is 0 Å². The summed E-state index contributed by atoms with van der Waals surface area (Å²) in [7, 11) is -3.60. The number of aromatic nitrogens is 1. The Bertz CT molecular complexity index is 504. The number of nitrogens with zero attached hydrogens (tertiary/aromatic N) is 1. The van der Waals surface area contributed by atoms with Crippen molar-refractivity contribution in [3.8, 4) is 5.75 Å². The summed E-state index contributed by atoms with van der Waals surface area (Å²) >= 11 is 0. The standard InChI is InChI=1S/C7H7F3N2O3S/c1-15-4-3(6(8)9)2-12-7(10)5(4)16(11,13)14/h2,6H,1H3,(H2,11,13,14). The van der Waals surface area contributed by atoms with E-state index in [9.17, 15) is 21.6 Å². The van der Waals surface area contributed by atoms with Crippen LogP contribution in [0, 0.1) is 5.95 Å². The molecule has 0 bridgehead atoms. The van der Waals surface area contributed by atoms with E-state index >= 15 is 0 Å². The van der Waals surface area contributed by atoms with Crippen molar-refractivity contribution in [1.82, 2.24) is 4.98 Å². The lowest BCUT2D eigenvalue weighted by atomic mass is 10.2. The summed E-state index contributed by atoms with van der Waals surface area (Å²) in [5, 5.41) is 4.67. The molecule has 1 aromatic rings. The molecule has 1 rings (SSSR count). The van der Waals surface area contributed by atoms with Crippen LogP contribution >= 0.6 is 0 Å². The van der Waals surface area contributed by atoms with Crippen LogP contribution in [0.3, 0.4) is 0 Å². The highest BCUT2D eigenvalue weighted by molar-refractivity contribution is 7.89. The van der Waals surface area contributed by atoms with E-state index in [0.717, 1.165) is 7.11 Å². The number of nitrogens with two attached hydrogens (primary N) is 1. The van der Waals surface area contributed by atoms with Crippen LogP contribution in [0.4, 0.5) is 13.2 Å². The first-order chi connectivity index (χ1) is 7.29. The van der Waals surface area contributed by atoms with Crippen molar-refractivity contribution < 1.29 is 26.3 Å². The molecule has 0 aliphatic carbocycles. The second-order valence-electron chi connectivity index (χ2n) is 2.71. The number of pyridine rings is 1. The number of rotatable bonds is 3. The summed E-state index contributed by atoms with van der Waals surface area (Å²) < 4.78 is 64.3. The van der Waals surface area contributed by atoms with Crippen LogP contribution < -0.4 is 9.88 Å². The van der Waals surface area contributed by atoms with E-state index in [1.165, 1.54) is 0 Å². The molecule has 1 aromatic heterocycles. The third kappa shape index (κ3) is 2.25. The number of halogens is 3. The molecule has 0 atom stereocenters. The minimum absolute atomic E-state index is 0.494. The lowest BCUT2D eigenvalue weighted by Gasteiger charge is -2.11. The summed E-state index contributed by atoms with van der Waals surface area (Å²) in [6.45, 7) is 0. The summed E-state index contributed by atoms with van der Waals surface area (Å²) in [5.41, 5.74) is -0.840. The normalized spacial score (nSPS) is 11.9. The van der Waals surface area contributed by atoms with Gasteiger partial charge in [-0.3, -0.25) is 0 Å². The quantitative estimate of drug-likeness (QED) is 0.811. The van der Waals surface area contributed by atoms with Gasteiger partial charge in [0.1, 0.15) is 0 Å². The van der Waals surface area contributed by atoms with Crippen LogP contribution in [0.5, 0.6) is 5.75 Å². The predicted octanol–water partition coefficient (Wildman–Crippen LogP) is 0.814. The molecular formula is C7H7F3N2O3S. The van der Waals surface area contributed by atoms with E-state index in [0.29, 0.717) is 6.20 Å². The Morgan fingerprint density at radius 2 is 2.06 bits per heavy atom. The van der Waals surface area contributed by atoms with Gasteiger partial charge in [-0.2, -0.15) is 4.39 Å². The highest BCUT2D eigenvalue weighted by atomic mass is 32.2. The molecule has 90 valence electrons. The van der Waals surface area contributed by atoms with Gasteiger partial charge in [-0.25, -0.2) is 27.3 Å². The van der Waals surface area contributed by atoms with E-state index in [1.807, 2.05) is 0 Å². The number of ether oxygens (including phenoxy) is 1. The van der Waals surface area contributed by atoms with Crippen molar-refractivity contribution in [2.75, 3.05) is 7.11 Å². The molecule has 0 saturated carbocycles. The van der Waals surface area contributed by atoms with Crippen molar-refractivity contribution in [3.05, 3.63) is 17.7 Å². The molecule has 1 heterocycles. The van der Waals surface area contributed by atoms with Gasteiger partial charge in [0.05, 0.1) is 12.7 Å². The number of primary sulfonamides is 1. The first kappa shape index (κ1) is 12.7. The van der Waals surface area contributed by atoms with Gasteiger partial charge in [0.2, 0.25) is 16.0 Å². The maximum absolute atomic E-state index is 13.1. The van der Waals surface area contributed by atoms with Gasteiger partial charge in [0.25, 0.3) is 6.43 Å². The zero-order chi connectivity index (χ0) is 12.5. The Hall–Kier alpha value is -1.35. The van der Waals surface area contributed by atoms with E-state index in [2.05, 4.69) is 14.9 Å². The van der Waals surface area contributed by atoms with Crippen LogP contribution in [0.2, 0.25) is 0 Å². The number of alkyl halides is 2. The van der Waals surface area contributed by atoms with Gasteiger partial charge < -0.3 is 4.74 Å². The minimum Gasteiger partial charge on any atom is -0.495 e. The summed E-state index contributed by atoms with van der Waals surface area (Å²) in [4.78, 5) is 1.72. The first-order valence-corrected chi connectivity index (χ1v) is 5.37. The molecule has 0 aromatic carbocycles. The first-order valence-electron chi connectivity index (χ1n) is 3.82. The lowest BCUT2D eigenvalue weighted by Crippen LogP contribution is -2.17.